The van der Waals surface area contributed by atoms with Crippen LogP contribution in [0, 0.1) is 18.8 Å². The standard InChI is InChI=1S/C11H11ClO/c1-9-5-4-7-11(13)10(9)6-2-3-8-12/h4-5,7,13H,3,8H2,1H3. The molecule has 68 valence electrons. The second-order valence-corrected chi connectivity index (χ2v) is 3.09. The second-order valence-electron chi connectivity index (χ2n) is 2.71. The molecule has 0 aliphatic heterocycles. The zero-order chi connectivity index (χ0) is 9.68. The number of aryl methyl sites for hydroxylation is 1. The Kier molecular flexibility index (Phi) is 3.67. The van der Waals surface area contributed by atoms with E-state index in [4.69, 9.17) is 11.6 Å². The van der Waals surface area contributed by atoms with Crippen LogP contribution in [0.4, 0.5) is 0 Å². The van der Waals surface area contributed by atoms with E-state index in [1.807, 2.05) is 13.0 Å². The van der Waals surface area contributed by atoms with E-state index in [0.717, 1.165) is 5.56 Å². The third kappa shape index (κ3) is 2.68. The summed E-state index contributed by atoms with van der Waals surface area (Å²) < 4.78 is 0. The lowest BCUT2D eigenvalue weighted by molar-refractivity contribution is 0.473. The van der Waals surface area contributed by atoms with Gasteiger partial charge in [-0.1, -0.05) is 24.0 Å². The fraction of sp³-hybridized carbons (Fsp3) is 0.273. The van der Waals surface area contributed by atoms with Crippen molar-refractivity contribution in [2.45, 2.75) is 13.3 Å². The molecule has 0 atom stereocenters. The van der Waals surface area contributed by atoms with Gasteiger partial charge >= 0.3 is 0 Å². The molecule has 0 aliphatic carbocycles. The minimum Gasteiger partial charge on any atom is -0.507 e. The Morgan fingerprint density at radius 1 is 1.46 bits per heavy atom. The molecule has 1 rings (SSSR count). The zero-order valence-electron chi connectivity index (χ0n) is 7.47. The van der Waals surface area contributed by atoms with Crippen LogP contribution >= 0.6 is 11.6 Å². The summed E-state index contributed by atoms with van der Waals surface area (Å²) in [6.45, 7) is 1.92. The van der Waals surface area contributed by atoms with Crippen molar-refractivity contribution in [3.8, 4) is 17.6 Å². The summed E-state index contributed by atoms with van der Waals surface area (Å²) in [5.74, 6) is 6.55. The van der Waals surface area contributed by atoms with Gasteiger partial charge in [0.2, 0.25) is 0 Å². The average Bonchev–Trinajstić information content (AvgIpc) is 2.10. The number of phenolic OH excluding ortho intramolecular Hbond substituents is 1. The van der Waals surface area contributed by atoms with Gasteiger partial charge in [-0.05, 0) is 18.6 Å². The van der Waals surface area contributed by atoms with Crippen LogP contribution in [0.5, 0.6) is 5.75 Å². The molecule has 0 fully saturated rings. The van der Waals surface area contributed by atoms with E-state index < -0.39 is 0 Å². The Balaban J connectivity index is 2.95. The fourth-order valence-corrected chi connectivity index (χ4v) is 1.11. The largest absolute Gasteiger partial charge is 0.507 e. The van der Waals surface area contributed by atoms with Crippen molar-refractivity contribution in [2.75, 3.05) is 5.88 Å². The second kappa shape index (κ2) is 4.79. The van der Waals surface area contributed by atoms with E-state index in [2.05, 4.69) is 11.8 Å². The highest BCUT2D eigenvalue weighted by molar-refractivity contribution is 6.18. The summed E-state index contributed by atoms with van der Waals surface area (Å²) in [7, 11) is 0. The molecular weight excluding hydrogens is 184 g/mol. The molecule has 1 aromatic carbocycles. The fourth-order valence-electron chi connectivity index (χ4n) is 1.01. The van der Waals surface area contributed by atoms with Gasteiger partial charge in [0.15, 0.2) is 0 Å². The maximum atomic E-state index is 9.46. The molecule has 0 radical (unpaired) electrons. The van der Waals surface area contributed by atoms with Crippen molar-refractivity contribution in [3.63, 3.8) is 0 Å². The SMILES string of the molecule is Cc1cccc(O)c1C#CCCCl. The van der Waals surface area contributed by atoms with Crippen LogP contribution in [0.1, 0.15) is 17.5 Å². The van der Waals surface area contributed by atoms with Gasteiger partial charge in [-0.25, -0.2) is 0 Å². The van der Waals surface area contributed by atoms with Crippen molar-refractivity contribution < 1.29 is 5.11 Å². The van der Waals surface area contributed by atoms with Crippen LogP contribution in [0.15, 0.2) is 18.2 Å². The maximum Gasteiger partial charge on any atom is 0.131 e. The summed E-state index contributed by atoms with van der Waals surface area (Å²) in [5.41, 5.74) is 1.69. The third-order valence-electron chi connectivity index (χ3n) is 1.68. The van der Waals surface area contributed by atoms with Crippen molar-refractivity contribution in [1.82, 2.24) is 0 Å². The Morgan fingerprint density at radius 3 is 2.85 bits per heavy atom. The molecule has 0 aliphatic rings. The first kappa shape index (κ1) is 9.95. The van der Waals surface area contributed by atoms with Gasteiger partial charge in [-0.15, -0.1) is 11.6 Å². The quantitative estimate of drug-likeness (QED) is 0.539. The van der Waals surface area contributed by atoms with Crippen molar-refractivity contribution in [2.24, 2.45) is 0 Å². The van der Waals surface area contributed by atoms with Gasteiger partial charge in [0.05, 0.1) is 5.56 Å². The number of hydrogen-bond acceptors (Lipinski definition) is 1. The van der Waals surface area contributed by atoms with Gasteiger partial charge in [0, 0.05) is 12.3 Å². The van der Waals surface area contributed by atoms with Crippen LogP contribution in [-0.4, -0.2) is 11.0 Å². The normalized spacial score (nSPS) is 9.08. The molecule has 0 heterocycles. The summed E-state index contributed by atoms with van der Waals surface area (Å²) in [6.07, 6.45) is 0.648. The number of benzene rings is 1. The van der Waals surface area contributed by atoms with Crippen LogP contribution in [0.2, 0.25) is 0 Å². The van der Waals surface area contributed by atoms with Crippen molar-refractivity contribution in [3.05, 3.63) is 29.3 Å². The van der Waals surface area contributed by atoms with Gasteiger partial charge < -0.3 is 5.11 Å². The van der Waals surface area contributed by atoms with Crippen LogP contribution < -0.4 is 0 Å². The van der Waals surface area contributed by atoms with E-state index in [1.165, 1.54) is 0 Å². The van der Waals surface area contributed by atoms with Gasteiger partial charge in [-0.3, -0.25) is 0 Å². The summed E-state index contributed by atoms with van der Waals surface area (Å²) >= 11 is 5.48. The Hall–Kier alpha value is -1.13. The molecule has 1 aromatic rings. The van der Waals surface area contributed by atoms with E-state index >= 15 is 0 Å². The number of alkyl halides is 1. The molecule has 0 spiro atoms. The molecule has 0 saturated carbocycles. The van der Waals surface area contributed by atoms with Crippen molar-refractivity contribution >= 4 is 11.6 Å². The van der Waals surface area contributed by atoms with Crippen molar-refractivity contribution in [1.29, 1.82) is 0 Å². The number of aromatic hydroxyl groups is 1. The minimum absolute atomic E-state index is 0.238. The molecule has 2 heteroatoms. The zero-order valence-corrected chi connectivity index (χ0v) is 8.23. The molecule has 1 N–H and O–H groups in total. The first-order valence-corrected chi connectivity index (χ1v) is 4.62. The summed E-state index contributed by atoms with van der Waals surface area (Å²) in [4.78, 5) is 0. The highest BCUT2D eigenvalue weighted by Gasteiger charge is 1.98. The van der Waals surface area contributed by atoms with Crippen LogP contribution in [0.3, 0.4) is 0 Å². The molecule has 0 saturated heterocycles. The molecule has 13 heavy (non-hydrogen) atoms. The molecular formula is C11H11ClO. The van der Waals surface area contributed by atoms with Gasteiger partial charge in [0.25, 0.3) is 0 Å². The maximum absolute atomic E-state index is 9.46. The molecule has 0 aromatic heterocycles. The number of rotatable bonds is 1. The minimum atomic E-state index is 0.238. The third-order valence-corrected chi connectivity index (χ3v) is 1.87. The first-order valence-electron chi connectivity index (χ1n) is 4.09. The first-order chi connectivity index (χ1) is 6.25. The van der Waals surface area contributed by atoms with Crippen LogP contribution in [0.25, 0.3) is 0 Å². The lowest BCUT2D eigenvalue weighted by atomic mass is 10.1. The van der Waals surface area contributed by atoms with E-state index in [1.54, 1.807) is 12.1 Å². The number of phenols is 1. The lowest BCUT2D eigenvalue weighted by Gasteiger charge is -1.99. The smallest absolute Gasteiger partial charge is 0.131 e. The predicted octanol–water partition coefficient (Wildman–Crippen LogP) is 2.68. The highest BCUT2D eigenvalue weighted by Crippen LogP contribution is 2.18. The highest BCUT2D eigenvalue weighted by atomic mass is 35.5. The van der Waals surface area contributed by atoms with Gasteiger partial charge in [-0.2, -0.15) is 0 Å². The summed E-state index contributed by atoms with van der Waals surface area (Å²) in [6, 6.07) is 5.36. The monoisotopic (exact) mass is 194 g/mol. The molecule has 0 unspecified atom stereocenters. The average molecular weight is 195 g/mol. The Bertz CT molecular complexity index is 327. The van der Waals surface area contributed by atoms with E-state index in [0.29, 0.717) is 17.9 Å². The Labute approximate surface area is 83.4 Å². The van der Waals surface area contributed by atoms with Crippen LogP contribution in [-0.2, 0) is 0 Å². The summed E-state index contributed by atoms with van der Waals surface area (Å²) in [5, 5.41) is 9.46. The Morgan fingerprint density at radius 2 is 2.23 bits per heavy atom. The molecule has 1 nitrogen and oxygen atoms in total. The molecule has 0 bridgehead atoms. The number of hydrogen-bond donors (Lipinski definition) is 1. The predicted molar refractivity (Wildman–Crippen MR) is 55.1 cm³/mol. The van der Waals surface area contributed by atoms with E-state index in [9.17, 15) is 5.11 Å². The van der Waals surface area contributed by atoms with Gasteiger partial charge in [0.1, 0.15) is 5.75 Å². The molecule has 0 amide bonds. The van der Waals surface area contributed by atoms with E-state index in [-0.39, 0.29) is 5.75 Å². The number of halogens is 1. The topological polar surface area (TPSA) is 20.2 Å². The lowest BCUT2D eigenvalue weighted by Crippen LogP contribution is -1.82.